The molecule has 1 aliphatic heterocycles. The summed E-state index contributed by atoms with van der Waals surface area (Å²) in [6.45, 7) is 0.162. The lowest BCUT2D eigenvalue weighted by molar-refractivity contribution is -0.143. The van der Waals surface area contributed by atoms with Gasteiger partial charge in [-0.1, -0.05) is 24.0 Å². The third-order valence-corrected chi connectivity index (χ3v) is 7.63. The molecule has 0 saturated carbocycles. The standard InChI is InChI=1S/C25H15F6NO4S3/c26-24(27,28)16-7-14(8-17(10-16)25(29,30)31)15-9-19(38-12-15)11-20-21(33)32(23(37)39-20)5-6-36-18-3-1-13(2-4-18)22(34)35/h1-4,7-12H,5-6H2,(H,34,35)/b20-11-. The summed E-state index contributed by atoms with van der Waals surface area (Å²) in [6.07, 6.45) is -8.46. The topological polar surface area (TPSA) is 66.8 Å². The molecule has 0 radical (unpaired) electrons. The fraction of sp³-hybridized carbons (Fsp3) is 0.160. The number of ether oxygens (including phenoxy) is 1. The molecular weight excluding hydrogens is 588 g/mol. The van der Waals surface area contributed by atoms with Gasteiger partial charge >= 0.3 is 18.3 Å². The van der Waals surface area contributed by atoms with E-state index < -0.39 is 35.4 Å². The second kappa shape index (κ2) is 11.0. The molecule has 0 bridgehead atoms. The number of hydrogen-bond donors (Lipinski definition) is 1. The Bertz CT molecular complexity index is 1430. The molecule has 1 amide bonds. The molecule has 0 spiro atoms. The van der Waals surface area contributed by atoms with E-state index in [9.17, 15) is 35.9 Å². The summed E-state index contributed by atoms with van der Waals surface area (Å²) in [5, 5.41) is 10.3. The van der Waals surface area contributed by atoms with Gasteiger partial charge in [0.15, 0.2) is 0 Å². The van der Waals surface area contributed by atoms with E-state index in [2.05, 4.69) is 0 Å². The predicted molar refractivity (Wildman–Crippen MR) is 139 cm³/mol. The molecule has 3 aromatic rings. The van der Waals surface area contributed by atoms with Crippen molar-refractivity contribution >= 4 is 57.6 Å². The highest BCUT2D eigenvalue weighted by atomic mass is 32.2. The van der Waals surface area contributed by atoms with Gasteiger partial charge in [0.25, 0.3) is 5.91 Å². The number of thiocarbonyl (C=S) groups is 1. The lowest BCUT2D eigenvalue weighted by Gasteiger charge is -2.15. The molecule has 1 fully saturated rings. The van der Waals surface area contributed by atoms with E-state index in [-0.39, 0.29) is 45.1 Å². The van der Waals surface area contributed by atoms with Crippen molar-refractivity contribution in [2.45, 2.75) is 12.4 Å². The van der Waals surface area contributed by atoms with E-state index >= 15 is 0 Å². The quantitative estimate of drug-likeness (QED) is 0.172. The van der Waals surface area contributed by atoms with Crippen LogP contribution in [0.15, 0.2) is 58.8 Å². The average molecular weight is 604 g/mol. The molecule has 204 valence electrons. The maximum absolute atomic E-state index is 13.2. The normalized spacial score (nSPS) is 15.3. The number of carboxylic acids is 1. The number of carbonyl (C=O) groups excluding carboxylic acids is 1. The van der Waals surface area contributed by atoms with Crippen LogP contribution in [0.25, 0.3) is 17.2 Å². The Morgan fingerprint density at radius 2 is 1.59 bits per heavy atom. The minimum Gasteiger partial charge on any atom is -0.492 e. The van der Waals surface area contributed by atoms with Crippen molar-refractivity contribution in [1.82, 2.24) is 4.90 Å². The third-order valence-electron chi connectivity index (χ3n) is 5.37. The fourth-order valence-corrected chi connectivity index (χ4v) is 5.69. The first kappa shape index (κ1) is 28.6. The molecule has 0 atom stereocenters. The van der Waals surface area contributed by atoms with Crippen LogP contribution in [0.2, 0.25) is 0 Å². The molecule has 2 heterocycles. The number of thiophene rings is 1. The van der Waals surface area contributed by atoms with Gasteiger partial charge in [0, 0.05) is 4.88 Å². The van der Waals surface area contributed by atoms with Crippen LogP contribution in [-0.4, -0.2) is 39.4 Å². The SMILES string of the molecule is O=C(O)c1ccc(OCCN2C(=O)/C(=C/c3cc(-c4cc(C(F)(F)F)cc(C(F)(F)F)c4)cs3)SC2=S)cc1. The Balaban J connectivity index is 1.47. The molecule has 5 nitrogen and oxygen atoms in total. The fourth-order valence-electron chi connectivity index (χ4n) is 3.47. The molecular formula is C25H15F6NO4S3. The van der Waals surface area contributed by atoms with Gasteiger partial charge in [-0.15, -0.1) is 11.3 Å². The summed E-state index contributed by atoms with van der Waals surface area (Å²) in [4.78, 5) is 25.7. The summed E-state index contributed by atoms with van der Waals surface area (Å²) in [6, 6.07) is 8.46. The second-order valence-electron chi connectivity index (χ2n) is 8.04. The summed E-state index contributed by atoms with van der Waals surface area (Å²) >= 11 is 7.31. The van der Waals surface area contributed by atoms with Gasteiger partial charge < -0.3 is 9.84 Å². The van der Waals surface area contributed by atoms with Gasteiger partial charge in [0.2, 0.25) is 0 Å². The Morgan fingerprint density at radius 1 is 0.974 bits per heavy atom. The Kier molecular flexibility index (Phi) is 8.09. The van der Waals surface area contributed by atoms with Crippen LogP contribution in [0, 0.1) is 0 Å². The third kappa shape index (κ3) is 6.81. The van der Waals surface area contributed by atoms with Gasteiger partial charge in [0.05, 0.1) is 28.1 Å². The van der Waals surface area contributed by atoms with Crippen molar-refractivity contribution in [1.29, 1.82) is 0 Å². The van der Waals surface area contributed by atoms with E-state index in [0.717, 1.165) is 23.1 Å². The van der Waals surface area contributed by atoms with E-state index in [1.807, 2.05) is 0 Å². The van der Waals surface area contributed by atoms with Crippen molar-refractivity contribution in [2.24, 2.45) is 0 Å². The van der Waals surface area contributed by atoms with Gasteiger partial charge in [-0.2, -0.15) is 26.3 Å². The molecule has 4 rings (SSSR count). The molecule has 1 N–H and O–H groups in total. The highest BCUT2D eigenvalue weighted by Gasteiger charge is 2.37. The van der Waals surface area contributed by atoms with E-state index in [1.165, 1.54) is 46.7 Å². The van der Waals surface area contributed by atoms with Crippen LogP contribution in [0.4, 0.5) is 26.3 Å². The largest absolute Gasteiger partial charge is 0.492 e. The van der Waals surface area contributed by atoms with Crippen LogP contribution >= 0.6 is 35.3 Å². The Labute approximate surface area is 230 Å². The summed E-state index contributed by atoms with van der Waals surface area (Å²) in [5.74, 6) is -1.11. The van der Waals surface area contributed by atoms with Gasteiger partial charge in [-0.3, -0.25) is 9.69 Å². The minimum atomic E-state index is -4.96. The first-order valence-electron chi connectivity index (χ1n) is 10.8. The van der Waals surface area contributed by atoms with Crippen molar-refractivity contribution in [2.75, 3.05) is 13.2 Å². The zero-order chi connectivity index (χ0) is 28.5. The van der Waals surface area contributed by atoms with Crippen molar-refractivity contribution in [3.63, 3.8) is 0 Å². The second-order valence-corrected chi connectivity index (χ2v) is 10.7. The number of halogens is 6. The molecule has 1 aromatic heterocycles. The first-order valence-corrected chi connectivity index (χ1v) is 12.9. The summed E-state index contributed by atoms with van der Waals surface area (Å²) in [5.41, 5.74) is -2.85. The summed E-state index contributed by atoms with van der Waals surface area (Å²) < 4.78 is 85.1. The summed E-state index contributed by atoms with van der Waals surface area (Å²) in [7, 11) is 0. The Hall–Kier alpha value is -3.36. The molecule has 0 aliphatic carbocycles. The maximum atomic E-state index is 13.2. The highest BCUT2D eigenvalue weighted by Crippen LogP contribution is 2.40. The number of carbonyl (C=O) groups is 2. The van der Waals surface area contributed by atoms with Crippen molar-refractivity contribution in [3.8, 4) is 16.9 Å². The average Bonchev–Trinajstić information content (AvgIpc) is 3.43. The first-order chi connectivity index (χ1) is 18.2. The number of amides is 1. The van der Waals surface area contributed by atoms with E-state index in [0.29, 0.717) is 22.8 Å². The number of rotatable bonds is 7. The number of carboxylic acid groups (broad SMARTS) is 1. The number of alkyl halides is 6. The number of nitrogens with zero attached hydrogens (tertiary/aromatic N) is 1. The number of aromatic carboxylic acids is 1. The zero-order valence-electron chi connectivity index (χ0n) is 19.3. The highest BCUT2D eigenvalue weighted by molar-refractivity contribution is 8.26. The van der Waals surface area contributed by atoms with Crippen molar-refractivity contribution in [3.05, 3.63) is 80.4 Å². The van der Waals surface area contributed by atoms with Gasteiger partial charge in [-0.25, -0.2) is 4.79 Å². The van der Waals surface area contributed by atoms with Crippen LogP contribution < -0.4 is 4.74 Å². The number of thioether (sulfide) groups is 1. The lowest BCUT2D eigenvalue weighted by atomic mass is 10.0. The smallest absolute Gasteiger partial charge is 0.416 e. The maximum Gasteiger partial charge on any atom is 0.416 e. The van der Waals surface area contributed by atoms with Gasteiger partial charge in [0.1, 0.15) is 16.7 Å². The predicted octanol–water partition coefficient (Wildman–Crippen LogP) is 7.43. The molecule has 2 aromatic carbocycles. The van der Waals surface area contributed by atoms with Gasteiger partial charge in [-0.05, 0) is 71.1 Å². The molecule has 1 aliphatic rings. The van der Waals surface area contributed by atoms with Crippen molar-refractivity contribution < 1.29 is 45.8 Å². The van der Waals surface area contributed by atoms with Crippen LogP contribution in [0.1, 0.15) is 26.4 Å². The number of benzene rings is 2. The molecule has 0 unspecified atom stereocenters. The Morgan fingerprint density at radius 3 is 2.15 bits per heavy atom. The zero-order valence-corrected chi connectivity index (χ0v) is 21.7. The molecule has 14 heteroatoms. The van der Waals surface area contributed by atoms with Crippen LogP contribution in [-0.2, 0) is 17.1 Å². The van der Waals surface area contributed by atoms with Crippen LogP contribution in [0.5, 0.6) is 5.75 Å². The van der Waals surface area contributed by atoms with E-state index in [1.54, 1.807) is 0 Å². The molecule has 39 heavy (non-hydrogen) atoms. The lowest BCUT2D eigenvalue weighted by Crippen LogP contribution is -2.32. The number of hydrogen-bond acceptors (Lipinski definition) is 6. The van der Waals surface area contributed by atoms with E-state index in [4.69, 9.17) is 22.1 Å². The minimum absolute atomic E-state index is 0.0619. The molecule has 1 saturated heterocycles. The van der Waals surface area contributed by atoms with Crippen LogP contribution in [0.3, 0.4) is 0 Å². The monoisotopic (exact) mass is 603 g/mol.